The summed E-state index contributed by atoms with van der Waals surface area (Å²) in [7, 11) is 0. The number of pyridine rings is 2. The van der Waals surface area contributed by atoms with Gasteiger partial charge in [-0.15, -0.1) is 0 Å². The fourth-order valence-electron chi connectivity index (χ4n) is 2.60. The lowest BCUT2D eigenvalue weighted by Gasteiger charge is -2.36. The number of ether oxygens (including phenoxy) is 1. The Morgan fingerprint density at radius 1 is 1.21 bits per heavy atom. The molecule has 0 atom stereocenters. The van der Waals surface area contributed by atoms with Gasteiger partial charge in [0.25, 0.3) is 0 Å². The normalized spacial score (nSPS) is 15.7. The molecule has 1 aliphatic heterocycles. The number of amides is 1. The lowest BCUT2D eigenvalue weighted by molar-refractivity contribution is 0.0240. The molecule has 0 unspecified atom stereocenters. The van der Waals surface area contributed by atoms with Crippen LogP contribution >= 0.6 is 11.6 Å². The summed E-state index contributed by atoms with van der Waals surface area (Å²) >= 11 is 5.94. The Hall–Kier alpha value is -2.08. The molecule has 0 aliphatic carbocycles. The van der Waals surface area contributed by atoms with E-state index >= 15 is 0 Å². The van der Waals surface area contributed by atoms with Gasteiger partial charge in [-0.3, -0.25) is 0 Å². The number of fused-ring (bicyclic) bond motifs is 1. The number of halogens is 1. The molecule has 1 aliphatic rings. The van der Waals surface area contributed by atoms with E-state index in [4.69, 9.17) is 16.3 Å². The van der Waals surface area contributed by atoms with E-state index in [2.05, 4.69) is 14.9 Å². The lowest BCUT2D eigenvalue weighted by atomic mass is 10.2. The first kappa shape index (κ1) is 16.8. The van der Waals surface area contributed by atoms with E-state index in [0.29, 0.717) is 18.2 Å². The average Bonchev–Trinajstić information content (AvgIpc) is 2.52. The predicted molar refractivity (Wildman–Crippen MR) is 94.6 cm³/mol. The van der Waals surface area contributed by atoms with E-state index < -0.39 is 5.60 Å². The van der Waals surface area contributed by atoms with E-state index in [0.717, 1.165) is 29.8 Å². The van der Waals surface area contributed by atoms with Gasteiger partial charge in [0.05, 0.1) is 5.52 Å². The fraction of sp³-hybridized carbons (Fsp3) is 0.471. The number of carbonyl (C=O) groups is 1. The number of hydrogen-bond acceptors (Lipinski definition) is 5. The number of aromatic nitrogens is 2. The summed E-state index contributed by atoms with van der Waals surface area (Å²) in [6, 6.07) is 5.72. The zero-order chi connectivity index (χ0) is 17.3. The molecule has 0 bridgehead atoms. The molecule has 1 fully saturated rings. The molecule has 0 aromatic carbocycles. The Bertz CT molecular complexity index is 752. The van der Waals surface area contributed by atoms with Crippen LogP contribution in [0, 0.1) is 0 Å². The van der Waals surface area contributed by atoms with Crippen LogP contribution in [0.1, 0.15) is 20.8 Å². The smallest absolute Gasteiger partial charge is 0.410 e. The van der Waals surface area contributed by atoms with Gasteiger partial charge in [0.15, 0.2) is 0 Å². The second kappa shape index (κ2) is 6.43. The summed E-state index contributed by atoms with van der Waals surface area (Å²) in [5, 5.41) is 1.39. The Morgan fingerprint density at radius 2 is 1.92 bits per heavy atom. The van der Waals surface area contributed by atoms with Crippen molar-refractivity contribution < 1.29 is 9.53 Å². The molecular weight excluding hydrogens is 328 g/mol. The minimum atomic E-state index is -0.471. The molecule has 3 heterocycles. The summed E-state index contributed by atoms with van der Waals surface area (Å²) in [5.74, 6) is 0.883. The first-order valence-corrected chi connectivity index (χ1v) is 8.35. The highest BCUT2D eigenvalue weighted by atomic mass is 35.5. The minimum absolute atomic E-state index is 0.258. The molecule has 3 rings (SSSR count). The van der Waals surface area contributed by atoms with Crippen molar-refractivity contribution in [3.63, 3.8) is 0 Å². The molecule has 2 aromatic heterocycles. The van der Waals surface area contributed by atoms with E-state index in [-0.39, 0.29) is 6.09 Å². The van der Waals surface area contributed by atoms with Crippen molar-refractivity contribution in [1.82, 2.24) is 14.9 Å². The van der Waals surface area contributed by atoms with Crippen LogP contribution in [0.15, 0.2) is 24.4 Å². The topological polar surface area (TPSA) is 58.6 Å². The zero-order valence-corrected chi connectivity index (χ0v) is 14.9. The average molecular weight is 349 g/mol. The molecule has 0 spiro atoms. The van der Waals surface area contributed by atoms with Crippen LogP contribution < -0.4 is 4.90 Å². The second-order valence-corrected chi connectivity index (χ2v) is 7.21. The highest BCUT2D eigenvalue weighted by Crippen LogP contribution is 2.21. The number of rotatable bonds is 1. The number of carbonyl (C=O) groups excluding carboxylic acids is 1. The number of anilines is 1. The van der Waals surface area contributed by atoms with Gasteiger partial charge >= 0.3 is 6.09 Å². The molecule has 0 radical (unpaired) electrons. The van der Waals surface area contributed by atoms with Gasteiger partial charge in [0, 0.05) is 43.8 Å². The first-order chi connectivity index (χ1) is 11.3. The number of hydrogen-bond donors (Lipinski definition) is 0. The maximum atomic E-state index is 12.1. The van der Waals surface area contributed by atoms with Crippen LogP contribution in [0.4, 0.5) is 10.6 Å². The summed E-state index contributed by atoms with van der Waals surface area (Å²) in [6.07, 6.45) is 1.46. The molecule has 1 saturated heterocycles. The van der Waals surface area contributed by atoms with Crippen molar-refractivity contribution in [2.75, 3.05) is 31.1 Å². The van der Waals surface area contributed by atoms with Crippen LogP contribution in [0.25, 0.3) is 10.9 Å². The van der Waals surface area contributed by atoms with Gasteiger partial charge in [-0.05, 0) is 32.9 Å². The first-order valence-electron chi connectivity index (χ1n) is 7.97. The number of nitrogens with zero attached hydrogens (tertiary/aromatic N) is 4. The maximum Gasteiger partial charge on any atom is 0.410 e. The van der Waals surface area contributed by atoms with Gasteiger partial charge in [-0.25, -0.2) is 14.8 Å². The molecular formula is C17H21ClN4O2. The van der Waals surface area contributed by atoms with Gasteiger partial charge < -0.3 is 14.5 Å². The van der Waals surface area contributed by atoms with Crippen LogP contribution in [0.5, 0.6) is 0 Å². The number of piperazine rings is 1. The highest BCUT2D eigenvalue weighted by molar-refractivity contribution is 6.29. The third-order valence-electron chi connectivity index (χ3n) is 3.78. The largest absolute Gasteiger partial charge is 0.444 e. The molecule has 7 heteroatoms. The Morgan fingerprint density at radius 3 is 2.58 bits per heavy atom. The van der Waals surface area contributed by atoms with Crippen LogP contribution in [-0.4, -0.2) is 52.7 Å². The Labute approximate surface area is 146 Å². The van der Waals surface area contributed by atoms with Crippen molar-refractivity contribution in [2.24, 2.45) is 0 Å². The van der Waals surface area contributed by atoms with Gasteiger partial charge in [-0.2, -0.15) is 0 Å². The van der Waals surface area contributed by atoms with Gasteiger partial charge in [0.2, 0.25) is 0 Å². The summed E-state index contributed by atoms with van der Waals surface area (Å²) < 4.78 is 5.42. The van der Waals surface area contributed by atoms with E-state index in [9.17, 15) is 4.79 Å². The van der Waals surface area contributed by atoms with Crippen LogP contribution in [0.2, 0.25) is 5.15 Å². The molecule has 24 heavy (non-hydrogen) atoms. The lowest BCUT2D eigenvalue weighted by Crippen LogP contribution is -2.50. The third-order valence-corrected chi connectivity index (χ3v) is 3.99. The zero-order valence-electron chi connectivity index (χ0n) is 14.1. The molecule has 6 nitrogen and oxygen atoms in total. The predicted octanol–water partition coefficient (Wildman–Crippen LogP) is 3.34. The second-order valence-electron chi connectivity index (χ2n) is 6.82. The van der Waals surface area contributed by atoms with Crippen LogP contribution in [0.3, 0.4) is 0 Å². The summed E-state index contributed by atoms with van der Waals surface area (Å²) in [5.41, 5.74) is 0.351. The monoisotopic (exact) mass is 348 g/mol. The minimum Gasteiger partial charge on any atom is -0.444 e. The van der Waals surface area contributed by atoms with Gasteiger partial charge in [0.1, 0.15) is 16.6 Å². The molecule has 0 N–H and O–H groups in total. The SMILES string of the molecule is CC(C)(C)OC(=O)N1CCN(c2ccc3cnc(Cl)cc3n2)CC1. The van der Waals surface area contributed by atoms with Crippen molar-refractivity contribution in [2.45, 2.75) is 26.4 Å². The quantitative estimate of drug-likeness (QED) is 0.740. The Balaban J connectivity index is 1.67. The molecule has 128 valence electrons. The highest BCUT2D eigenvalue weighted by Gasteiger charge is 2.26. The molecule has 2 aromatic rings. The van der Waals surface area contributed by atoms with Crippen molar-refractivity contribution in [3.8, 4) is 0 Å². The Kier molecular flexibility index (Phi) is 4.49. The maximum absolute atomic E-state index is 12.1. The van der Waals surface area contributed by atoms with Crippen molar-refractivity contribution in [3.05, 3.63) is 29.5 Å². The van der Waals surface area contributed by atoms with E-state index in [1.807, 2.05) is 32.9 Å². The van der Waals surface area contributed by atoms with E-state index in [1.54, 1.807) is 17.2 Å². The van der Waals surface area contributed by atoms with Crippen molar-refractivity contribution in [1.29, 1.82) is 0 Å². The standard InChI is InChI=1S/C17H21ClN4O2/c1-17(2,3)24-16(23)22-8-6-21(7-9-22)15-5-4-12-11-19-14(18)10-13(12)20-15/h4-5,10-11H,6-9H2,1-3H3. The molecule has 0 saturated carbocycles. The van der Waals surface area contributed by atoms with E-state index in [1.165, 1.54) is 0 Å². The summed E-state index contributed by atoms with van der Waals surface area (Å²) in [4.78, 5) is 24.7. The fourth-order valence-corrected chi connectivity index (χ4v) is 2.75. The van der Waals surface area contributed by atoms with Crippen LogP contribution in [-0.2, 0) is 4.74 Å². The summed E-state index contributed by atoms with van der Waals surface area (Å²) in [6.45, 7) is 8.30. The molecule has 1 amide bonds. The van der Waals surface area contributed by atoms with Crippen molar-refractivity contribution >= 4 is 34.4 Å². The van der Waals surface area contributed by atoms with Gasteiger partial charge in [-0.1, -0.05) is 11.6 Å². The third kappa shape index (κ3) is 3.87.